The highest BCUT2D eigenvalue weighted by molar-refractivity contribution is 6.30. The molecule has 0 amide bonds. The first-order chi connectivity index (χ1) is 18.1. The van der Waals surface area contributed by atoms with Gasteiger partial charge in [-0.3, -0.25) is 9.59 Å². The Bertz CT molecular complexity index is 1420. The third kappa shape index (κ3) is 5.86. The van der Waals surface area contributed by atoms with Gasteiger partial charge < -0.3 is 9.47 Å². The number of Topliss-reactive ketones (excluding diaryl/α,β-unsaturated/α-hetero) is 1. The third-order valence-corrected chi connectivity index (χ3v) is 7.80. The molecule has 3 aromatic carbocycles. The molecule has 0 aliphatic carbocycles. The number of carbonyl (C=O) groups is 2. The van der Waals surface area contributed by atoms with Crippen molar-refractivity contribution in [2.24, 2.45) is 0 Å². The van der Waals surface area contributed by atoms with Gasteiger partial charge in [0.1, 0.15) is 11.5 Å². The molecule has 1 heterocycles. The Morgan fingerprint density at radius 1 is 0.947 bits per heavy atom. The summed E-state index contributed by atoms with van der Waals surface area (Å²) in [6.45, 7) is 12.0. The molecule has 3 aromatic rings. The molecule has 0 saturated heterocycles. The van der Waals surface area contributed by atoms with Crippen molar-refractivity contribution in [1.82, 2.24) is 0 Å². The zero-order valence-corrected chi connectivity index (χ0v) is 23.8. The van der Waals surface area contributed by atoms with Gasteiger partial charge in [-0.05, 0) is 112 Å². The van der Waals surface area contributed by atoms with Crippen molar-refractivity contribution in [2.75, 3.05) is 0 Å². The molecular weight excluding hydrogens is 496 g/mol. The van der Waals surface area contributed by atoms with E-state index in [-0.39, 0.29) is 30.7 Å². The normalized spacial score (nSPS) is 15.3. The predicted molar refractivity (Wildman–Crippen MR) is 153 cm³/mol. The van der Waals surface area contributed by atoms with Crippen LogP contribution >= 0.6 is 11.6 Å². The molecule has 1 aliphatic heterocycles. The van der Waals surface area contributed by atoms with Crippen LogP contribution < -0.4 is 9.47 Å². The van der Waals surface area contributed by atoms with Crippen molar-refractivity contribution >= 4 is 28.9 Å². The molecule has 4 rings (SSSR count). The van der Waals surface area contributed by atoms with E-state index in [1.807, 2.05) is 58.9 Å². The lowest BCUT2D eigenvalue weighted by molar-refractivity contribution is -0.133. The lowest BCUT2D eigenvalue weighted by Gasteiger charge is -2.29. The molecule has 1 unspecified atom stereocenters. The van der Waals surface area contributed by atoms with Gasteiger partial charge in [-0.15, -0.1) is 0 Å². The second kappa shape index (κ2) is 11.6. The van der Waals surface area contributed by atoms with E-state index in [1.54, 1.807) is 24.3 Å². The number of esters is 1. The SMILES string of the molecule is C/C(CC(=O)c1ccc(Cl)cc1)=C(\CC(=O)Oc1c(C)c(C)c2c(c1C)CCC(C)O2)c1ccccc1C. The number of fused-ring (bicyclic) bond motifs is 1. The van der Waals surface area contributed by atoms with Crippen LogP contribution in [0.5, 0.6) is 11.5 Å². The number of ether oxygens (including phenoxy) is 2. The number of benzene rings is 3. The highest BCUT2D eigenvalue weighted by atomic mass is 35.5. The molecule has 0 radical (unpaired) electrons. The molecule has 0 aromatic heterocycles. The number of halogens is 1. The number of carbonyl (C=O) groups excluding carboxylic acids is 2. The summed E-state index contributed by atoms with van der Waals surface area (Å²) in [7, 11) is 0. The van der Waals surface area contributed by atoms with Gasteiger partial charge in [-0.1, -0.05) is 41.4 Å². The summed E-state index contributed by atoms with van der Waals surface area (Å²) < 4.78 is 12.2. The van der Waals surface area contributed by atoms with Crippen LogP contribution in [0, 0.1) is 27.7 Å². The Labute approximate surface area is 230 Å². The quantitative estimate of drug-likeness (QED) is 0.175. The van der Waals surface area contributed by atoms with E-state index in [2.05, 4.69) is 6.92 Å². The number of hydrogen-bond donors (Lipinski definition) is 0. The average Bonchev–Trinajstić information content (AvgIpc) is 2.89. The van der Waals surface area contributed by atoms with Crippen molar-refractivity contribution in [3.8, 4) is 11.5 Å². The fourth-order valence-electron chi connectivity index (χ4n) is 5.14. The Hall–Kier alpha value is -3.37. The van der Waals surface area contributed by atoms with Gasteiger partial charge in [-0.25, -0.2) is 0 Å². The fraction of sp³-hybridized carbons (Fsp3) is 0.333. The maximum absolute atomic E-state index is 13.5. The van der Waals surface area contributed by atoms with Gasteiger partial charge in [0.15, 0.2) is 5.78 Å². The second-order valence-corrected chi connectivity index (χ2v) is 10.7. The van der Waals surface area contributed by atoms with Crippen LogP contribution in [0.3, 0.4) is 0 Å². The maximum Gasteiger partial charge on any atom is 0.315 e. The van der Waals surface area contributed by atoms with Gasteiger partial charge in [0.05, 0.1) is 12.5 Å². The van der Waals surface area contributed by atoms with E-state index in [4.69, 9.17) is 21.1 Å². The zero-order chi connectivity index (χ0) is 27.6. The second-order valence-electron chi connectivity index (χ2n) is 10.3. The van der Waals surface area contributed by atoms with Crippen molar-refractivity contribution in [3.05, 3.63) is 98.1 Å². The molecular formula is C33H35ClO4. The van der Waals surface area contributed by atoms with Crippen LogP contribution in [0.1, 0.15) is 76.8 Å². The summed E-state index contributed by atoms with van der Waals surface area (Å²) >= 11 is 5.99. The topological polar surface area (TPSA) is 52.6 Å². The number of rotatable bonds is 7. The Morgan fingerprint density at radius 2 is 1.63 bits per heavy atom. The number of allylic oxidation sites excluding steroid dienone is 1. The van der Waals surface area contributed by atoms with Crippen molar-refractivity contribution in [3.63, 3.8) is 0 Å². The highest BCUT2D eigenvalue weighted by Gasteiger charge is 2.26. The van der Waals surface area contributed by atoms with Crippen LogP contribution in [0.15, 0.2) is 54.1 Å². The Balaban J connectivity index is 1.65. The largest absolute Gasteiger partial charge is 0.490 e. The lowest BCUT2D eigenvalue weighted by atomic mass is 9.90. The average molecular weight is 531 g/mol. The standard InChI is InChI=1S/C33H35ClO4/c1-19-9-7-8-10-27(19)29(20(2)17-30(35)25-12-14-26(34)15-13-25)18-31(36)38-32-22(4)23(5)33-28(24(32)6)16-11-21(3)37-33/h7-10,12-15,21H,11,16-18H2,1-6H3/b29-20-. The summed E-state index contributed by atoms with van der Waals surface area (Å²) in [6.07, 6.45) is 2.27. The smallest absolute Gasteiger partial charge is 0.315 e. The number of ketones is 1. The van der Waals surface area contributed by atoms with Gasteiger partial charge in [0.25, 0.3) is 0 Å². The summed E-state index contributed by atoms with van der Waals surface area (Å²) in [5.74, 6) is 1.17. The molecule has 0 N–H and O–H groups in total. The summed E-state index contributed by atoms with van der Waals surface area (Å²) in [5, 5.41) is 0.584. The fourth-order valence-corrected chi connectivity index (χ4v) is 5.27. The highest BCUT2D eigenvalue weighted by Crippen LogP contribution is 2.42. The van der Waals surface area contributed by atoms with Crippen molar-refractivity contribution < 1.29 is 19.1 Å². The van der Waals surface area contributed by atoms with Crippen molar-refractivity contribution in [2.45, 2.75) is 73.3 Å². The summed E-state index contributed by atoms with van der Waals surface area (Å²) in [4.78, 5) is 26.5. The zero-order valence-electron chi connectivity index (χ0n) is 23.0. The minimum absolute atomic E-state index is 0.0233. The van der Waals surface area contributed by atoms with E-state index in [9.17, 15) is 9.59 Å². The predicted octanol–water partition coefficient (Wildman–Crippen LogP) is 8.33. The minimum atomic E-state index is -0.350. The van der Waals surface area contributed by atoms with E-state index < -0.39 is 0 Å². The molecule has 0 saturated carbocycles. The van der Waals surface area contributed by atoms with Crippen molar-refractivity contribution in [1.29, 1.82) is 0 Å². The Kier molecular flexibility index (Phi) is 8.42. The summed E-state index contributed by atoms with van der Waals surface area (Å²) in [5.41, 5.74) is 8.24. The minimum Gasteiger partial charge on any atom is -0.490 e. The number of aryl methyl sites for hydroxylation is 1. The lowest BCUT2D eigenvalue weighted by Crippen LogP contribution is -2.22. The van der Waals surface area contributed by atoms with Crippen LogP contribution in [-0.4, -0.2) is 17.9 Å². The molecule has 5 heteroatoms. The first-order valence-electron chi connectivity index (χ1n) is 13.1. The molecule has 38 heavy (non-hydrogen) atoms. The van der Waals surface area contributed by atoms with Crippen LogP contribution in [0.2, 0.25) is 5.02 Å². The molecule has 198 valence electrons. The van der Waals surface area contributed by atoms with Gasteiger partial charge in [0, 0.05) is 22.6 Å². The molecule has 1 aliphatic rings. The van der Waals surface area contributed by atoms with Crippen LogP contribution in [0.25, 0.3) is 5.57 Å². The van der Waals surface area contributed by atoms with Gasteiger partial charge in [0.2, 0.25) is 0 Å². The third-order valence-electron chi connectivity index (χ3n) is 7.55. The summed E-state index contributed by atoms with van der Waals surface area (Å²) in [6, 6.07) is 14.8. The first-order valence-corrected chi connectivity index (χ1v) is 13.5. The van der Waals surface area contributed by atoms with Crippen LogP contribution in [0.4, 0.5) is 0 Å². The van der Waals surface area contributed by atoms with Gasteiger partial charge >= 0.3 is 5.97 Å². The van der Waals surface area contributed by atoms with Gasteiger partial charge in [-0.2, -0.15) is 0 Å². The van der Waals surface area contributed by atoms with Crippen LogP contribution in [-0.2, 0) is 11.2 Å². The number of hydrogen-bond acceptors (Lipinski definition) is 4. The maximum atomic E-state index is 13.5. The molecule has 1 atom stereocenters. The molecule has 4 nitrogen and oxygen atoms in total. The molecule has 0 fully saturated rings. The van der Waals surface area contributed by atoms with E-state index in [1.165, 1.54) is 0 Å². The van der Waals surface area contributed by atoms with E-state index >= 15 is 0 Å². The molecule has 0 bridgehead atoms. The first kappa shape index (κ1) is 27.7. The molecule has 0 spiro atoms. The van der Waals surface area contributed by atoms with E-state index in [0.29, 0.717) is 16.3 Å². The van der Waals surface area contributed by atoms with E-state index in [0.717, 1.165) is 63.1 Å². The monoisotopic (exact) mass is 530 g/mol. The Morgan fingerprint density at radius 3 is 2.32 bits per heavy atom.